The van der Waals surface area contributed by atoms with Crippen LogP contribution in [0.2, 0.25) is 0 Å². The van der Waals surface area contributed by atoms with Crippen molar-refractivity contribution in [3.63, 3.8) is 0 Å². The van der Waals surface area contributed by atoms with Crippen molar-refractivity contribution >= 4 is 28.8 Å². The Morgan fingerprint density at radius 3 is 2.46 bits per heavy atom. The van der Waals surface area contributed by atoms with Crippen LogP contribution in [0.15, 0.2) is 48.5 Å². The number of aromatic nitrogens is 1. The van der Waals surface area contributed by atoms with Gasteiger partial charge in [0, 0.05) is 42.4 Å². The standard InChI is InChI=1S/C24H23NO3/c1-16(27)24(28)22-21-18(10-6-14-26)9-5-11-20(21)25(23(22)19-12-13-19)15-17-7-3-2-4-8-17/h2-5,7-9,11,14,19H,6,10,12-13,15H2,1H3. The average Bonchev–Trinajstić information content (AvgIpc) is 3.49. The number of rotatable bonds is 8. The number of fused-ring (bicyclic) bond motifs is 1. The molecule has 0 unspecified atom stereocenters. The Labute approximate surface area is 164 Å². The van der Waals surface area contributed by atoms with Gasteiger partial charge in [-0.15, -0.1) is 0 Å². The maximum atomic E-state index is 13.0. The summed E-state index contributed by atoms with van der Waals surface area (Å²) in [5, 5.41) is 0.849. The van der Waals surface area contributed by atoms with Crippen molar-refractivity contribution in [1.29, 1.82) is 0 Å². The minimum Gasteiger partial charge on any atom is -0.339 e. The van der Waals surface area contributed by atoms with Crippen molar-refractivity contribution in [3.8, 4) is 0 Å². The molecule has 4 nitrogen and oxygen atoms in total. The molecule has 0 aliphatic heterocycles. The molecule has 1 heterocycles. The van der Waals surface area contributed by atoms with E-state index in [1.54, 1.807) is 0 Å². The Kier molecular flexibility index (Phi) is 4.95. The molecule has 1 aliphatic rings. The first-order valence-corrected chi connectivity index (χ1v) is 9.78. The molecular formula is C24H23NO3. The molecule has 0 radical (unpaired) electrons. The lowest BCUT2D eigenvalue weighted by molar-refractivity contribution is -0.113. The van der Waals surface area contributed by atoms with Gasteiger partial charge in [-0.3, -0.25) is 9.59 Å². The zero-order chi connectivity index (χ0) is 19.7. The Morgan fingerprint density at radius 1 is 1.07 bits per heavy atom. The largest absolute Gasteiger partial charge is 0.339 e. The van der Waals surface area contributed by atoms with E-state index in [4.69, 9.17) is 0 Å². The lowest BCUT2D eigenvalue weighted by Crippen LogP contribution is -2.13. The highest BCUT2D eigenvalue weighted by Crippen LogP contribution is 2.46. The fourth-order valence-corrected chi connectivity index (χ4v) is 4.04. The van der Waals surface area contributed by atoms with E-state index in [0.717, 1.165) is 46.9 Å². The van der Waals surface area contributed by atoms with Crippen LogP contribution in [0.3, 0.4) is 0 Å². The molecule has 0 N–H and O–H groups in total. The number of carbonyl (C=O) groups is 3. The average molecular weight is 373 g/mol. The van der Waals surface area contributed by atoms with Crippen molar-refractivity contribution in [2.75, 3.05) is 0 Å². The maximum absolute atomic E-state index is 13.0. The molecular weight excluding hydrogens is 350 g/mol. The van der Waals surface area contributed by atoms with Crippen LogP contribution in [0, 0.1) is 0 Å². The number of hydrogen-bond acceptors (Lipinski definition) is 3. The lowest BCUT2D eigenvalue weighted by Gasteiger charge is -2.11. The maximum Gasteiger partial charge on any atom is 0.230 e. The van der Waals surface area contributed by atoms with E-state index in [2.05, 4.69) is 16.7 Å². The fraction of sp³-hybridized carbons (Fsp3) is 0.292. The molecule has 28 heavy (non-hydrogen) atoms. The first-order chi connectivity index (χ1) is 13.6. The molecule has 4 rings (SSSR count). The zero-order valence-corrected chi connectivity index (χ0v) is 16.0. The van der Waals surface area contributed by atoms with Crippen LogP contribution in [0.1, 0.15) is 59.3 Å². The summed E-state index contributed by atoms with van der Waals surface area (Å²) < 4.78 is 2.21. The molecule has 0 saturated heterocycles. The SMILES string of the molecule is CC(=O)C(=O)c1c(C2CC2)n(Cc2ccccc2)c2cccc(CCC=O)c12. The van der Waals surface area contributed by atoms with Gasteiger partial charge in [-0.1, -0.05) is 42.5 Å². The molecule has 1 fully saturated rings. The Bertz CT molecular complexity index is 1060. The van der Waals surface area contributed by atoms with Crippen LogP contribution >= 0.6 is 0 Å². The number of Topliss-reactive ketones (excluding diaryl/α,β-unsaturated/α-hetero) is 2. The van der Waals surface area contributed by atoms with E-state index in [9.17, 15) is 14.4 Å². The molecule has 3 aromatic rings. The van der Waals surface area contributed by atoms with Crippen molar-refractivity contribution in [2.24, 2.45) is 0 Å². The first kappa shape index (κ1) is 18.4. The van der Waals surface area contributed by atoms with Gasteiger partial charge in [-0.05, 0) is 36.5 Å². The molecule has 2 aromatic carbocycles. The van der Waals surface area contributed by atoms with Crippen LogP contribution in [-0.4, -0.2) is 22.4 Å². The van der Waals surface area contributed by atoms with Gasteiger partial charge in [0.1, 0.15) is 6.29 Å². The zero-order valence-electron chi connectivity index (χ0n) is 16.0. The van der Waals surface area contributed by atoms with Crippen molar-refractivity contribution in [1.82, 2.24) is 4.57 Å². The lowest BCUT2D eigenvalue weighted by atomic mass is 9.96. The quantitative estimate of drug-likeness (QED) is 0.332. The molecule has 0 amide bonds. The number of aryl methyl sites for hydroxylation is 1. The summed E-state index contributed by atoms with van der Waals surface area (Å²) in [6.45, 7) is 2.00. The Hall–Kier alpha value is -3.01. The van der Waals surface area contributed by atoms with E-state index in [1.165, 1.54) is 6.92 Å². The molecule has 1 aromatic heterocycles. The van der Waals surface area contributed by atoms with Crippen LogP contribution in [0.4, 0.5) is 0 Å². The summed E-state index contributed by atoms with van der Waals surface area (Å²) in [6, 6.07) is 16.1. The normalized spacial score (nSPS) is 13.6. The molecule has 0 bridgehead atoms. The number of ketones is 2. The molecule has 1 aliphatic carbocycles. The van der Waals surface area contributed by atoms with Crippen molar-refractivity contribution in [2.45, 2.75) is 45.1 Å². The second-order valence-electron chi connectivity index (χ2n) is 7.51. The van der Waals surface area contributed by atoms with E-state index in [0.29, 0.717) is 30.9 Å². The summed E-state index contributed by atoms with van der Waals surface area (Å²) in [4.78, 5) is 36.0. The number of hydrogen-bond donors (Lipinski definition) is 0. The van der Waals surface area contributed by atoms with Crippen molar-refractivity contribution < 1.29 is 14.4 Å². The van der Waals surface area contributed by atoms with Gasteiger partial charge in [0.15, 0.2) is 5.78 Å². The predicted molar refractivity (Wildman–Crippen MR) is 109 cm³/mol. The summed E-state index contributed by atoms with van der Waals surface area (Å²) >= 11 is 0. The van der Waals surface area contributed by atoms with Crippen LogP contribution in [0.25, 0.3) is 10.9 Å². The second kappa shape index (κ2) is 7.55. The number of benzene rings is 2. The highest BCUT2D eigenvalue weighted by Gasteiger charge is 2.35. The third kappa shape index (κ3) is 3.31. The molecule has 0 atom stereocenters. The van der Waals surface area contributed by atoms with Crippen molar-refractivity contribution in [3.05, 3.63) is 70.9 Å². The smallest absolute Gasteiger partial charge is 0.230 e. The van der Waals surface area contributed by atoms with E-state index >= 15 is 0 Å². The van der Waals surface area contributed by atoms with Gasteiger partial charge in [-0.2, -0.15) is 0 Å². The van der Waals surface area contributed by atoms with Gasteiger partial charge >= 0.3 is 0 Å². The molecule has 4 heteroatoms. The van der Waals surface area contributed by atoms with Gasteiger partial charge in [0.05, 0.1) is 5.56 Å². The Balaban J connectivity index is 1.99. The predicted octanol–water partition coefficient (Wildman–Crippen LogP) is 4.47. The van der Waals surface area contributed by atoms with Crippen LogP contribution in [0.5, 0.6) is 0 Å². The van der Waals surface area contributed by atoms with E-state index in [1.807, 2.05) is 36.4 Å². The summed E-state index contributed by atoms with van der Waals surface area (Å²) in [5.41, 5.74) is 4.63. The second-order valence-corrected chi connectivity index (χ2v) is 7.51. The highest BCUT2D eigenvalue weighted by atomic mass is 16.2. The Morgan fingerprint density at radius 2 is 1.82 bits per heavy atom. The summed E-state index contributed by atoms with van der Waals surface area (Å²) in [5.74, 6) is -0.545. The molecule has 0 spiro atoms. The third-order valence-electron chi connectivity index (χ3n) is 5.44. The number of nitrogens with zero attached hydrogens (tertiary/aromatic N) is 1. The fourth-order valence-electron chi connectivity index (χ4n) is 4.04. The summed E-state index contributed by atoms with van der Waals surface area (Å²) in [7, 11) is 0. The number of aldehydes is 1. The van der Waals surface area contributed by atoms with Gasteiger partial charge < -0.3 is 9.36 Å². The van der Waals surface area contributed by atoms with Crippen LogP contribution < -0.4 is 0 Å². The highest BCUT2D eigenvalue weighted by molar-refractivity contribution is 6.45. The summed E-state index contributed by atoms with van der Waals surface area (Å²) in [6.07, 6.45) is 3.93. The molecule has 142 valence electrons. The number of carbonyl (C=O) groups excluding carboxylic acids is 3. The van der Waals surface area contributed by atoms with Gasteiger partial charge in [0.2, 0.25) is 5.78 Å². The monoisotopic (exact) mass is 373 g/mol. The van der Waals surface area contributed by atoms with E-state index in [-0.39, 0.29) is 0 Å². The van der Waals surface area contributed by atoms with Crippen LogP contribution in [-0.2, 0) is 22.6 Å². The topological polar surface area (TPSA) is 56.1 Å². The third-order valence-corrected chi connectivity index (χ3v) is 5.44. The minimum atomic E-state index is -0.439. The first-order valence-electron chi connectivity index (χ1n) is 9.78. The van der Waals surface area contributed by atoms with Gasteiger partial charge in [-0.25, -0.2) is 0 Å². The minimum absolute atomic E-state index is 0.313. The van der Waals surface area contributed by atoms with Gasteiger partial charge in [0.25, 0.3) is 0 Å². The molecule has 1 saturated carbocycles. The van der Waals surface area contributed by atoms with E-state index < -0.39 is 11.6 Å².